The SMILES string of the molecule is CC(C)(O)[C@@H]1CC[C@](C)([C@H]2[C@@H](O)C[C@@]3(C)C4=C(CC[C@]23C)[C@@]2(C)CCC(=O)C(C)(C)[C@@H]2CC4)O1. The van der Waals surface area contributed by atoms with E-state index in [-0.39, 0.29) is 33.7 Å². The van der Waals surface area contributed by atoms with E-state index in [0.29, 0.717) is 18.1 Å². The molecule has 2 saturated carbocycles. The van der Waals surface area contributed by atoms with Crippen LogP contribution in [0.4, 0.5) is 0 Å². The van der Waals surface area contributed by atoms with Crippen LogP contribution in [0.2, 0.25) is 0 Å². The van der Waals surface area contributed by atoms with E-state index in [4.69, 9.17) is 4.74 Å². The second-order valence-corrected chi connectivity index (χ2v) is 14.7. The summed E-state index contributed by atoms with van der Waals surface area (Å²) in [5.74, 6) is 0.912. The van der Waals surface area contributed by atoms with Crippen LogP contribution in [0.25, 0.3) is 0 Å². The zero-order valence-electron chi connectivity index (χ0n) is 22.9. The summed E-state index contributed by atoms with van der Waals surface area (Å²) in [7, 11) is 0. The highest BCUT2D eigenvalue weighted by molar-refractivity contribution is 5.85. The fraction of sp³-hybridized carbons (Fsp3) is 0.900. The van der Waals surface area contributed by atoms with Crippen molar-refractivity contribution in [2.24, 2.45) is 33.5 Å². The number of ether oxygens (including phenoxy) is 1. The summed E-state index contributed by atoms with van der Waals surface area (Å²) in [6, 6.07) is 0. The van der Waals surface area contributed by atoms with Crippen molar-refractivity contribution in [1.82, 2.24) is 0 Å². The quantitative estimate of drug-likeness (QED) is 0.485. The molecule has 0 bridgehead atoms. The second-order valence-electron chi connectivity index (χ2n) is 14.7. The Morgan fingerprint density at radius 1 is 0.912 bits per heavy atom. The maximum atomic E-state index is 12.9. The maximum absolute atomic E-state index is 12.9. The van der Waals surface area contributed by atoms with Gasteiger partial charge in [-0.05, 0) is 94.3 Å². The molecule has 1 saturated heterocycles. The molecular formula is C30H48O4. The van der Waals surface area contributed by atoms with E-state index >= 15 is 0 Å². The fourth-order valence-electron chi connectivity index (χ4n) is 10.2. The third-order valence-electron chi connectivity index (χ3n) is 12.2. The van der Waals surface area contributed by atoms with Gasteiger partial charge in [0.05, 0.1) is 23.4 Å². The molecule has 5 rings (SSSR count). The average Bonchev–Trinajstić information content (AvgIpc) is 3.20. The Morgan fingerprint density at radius 2 is 1.59 bits per heavy atom. The summed E-state index contributed by atoms with van der Waals surface area (Å²) in [4.78, 5) is 12.9. The number of carbonyl (C=O) groups excluding carboxylic acids is 1. The number of allylic oxidation sites excluding steroid dienone is 2. The van der Waals surface area contributed by atoms with Crippen LogP contribution in [0.5, 0.6) is 0 Å². The topological polar surface area (TPSA) is 66.8 Å². The van der Waals surface area contributed by atoms with Crippen LogP contribution < -0.4 is 0 Å². The maximum Gasteiger partial charge on any atom is 0.138 e. The van der Waals surface area contributed by atoms with E-state index in [1.807, 2.05) is 13.8 Å². The molecule has 0 amide bonds. The van der Waals surface area contributed by atoms with Crippen molar-refractivity contribution < 1.29 is 19.7 Å². The smallest absolute Gasteiger partial charge is 0.138 e. The summed E-state index contributed by atoms with van der Waals surface area (Å²) in [6.45, 7) is 17.5. The lowest BCUT2D eigenvalue weighted by atomic mass is 9.43. The molecule has 34 heavy (non-hydrogen) atoms. The zero-order chi connectivity index (χ0) is 25.1. The first-order valence-electron chi connectivity index (χ1n) is 13.9. The van der Waals surface area contributed by atoms with Gasteiger partial charge in [-0.2, -0.15) is 0 Å². The summed E-state index contributed by atoms with van der Waals surface area (Å²) in [5, 5.41) is 22.3. The van der Waals surface area contributed by atoms with Gasteiger partial charge in [0, 0.05) is 17.8 Å². The monoisotopic (exact) mass is 472 g/mol. The number of aliphatic hydroxyl groups is 2. The summed E-state index contributed by atoms with van der Waals surface area (Å²) >= 11 is 0. The van der Waals surface area contributed by atoms with Gasteiger partial charge in [-0.1, -0.05) is 45.8 Å². The van der Waals surface area contributed by atoms with E-state index in [9.17, 15) is 15.0 Å². The standard InChI is InChI=1S/C30H48O4/c1-25(2)21-10-9-19-18(27(21,5)14-12-22(25)32)11-15-28(6)24(20(31)17-29(19,28)7)30(8)16-13-23(34-30)26(3,4)33/h20-21,23-24,31,33H,9-17H2,1-8H3/t20-,21-,23-,24-,27+,28+,29-,30+/m0/s1. The van der Waals surface area contributed by atoms with Crippen LogP contribution in [0, 0.1) is 33.5 Å². The highest BCUT2D eigenvalue weighted by Gasteiger charge is 2.69. The molecule has 3 fully saturated rings. The first-order valence-corrected chi connectivity index (χ1v) is 13.9. The van der Waals surface area contributed by atoms with E-state index in [1.165, 1.54) is 0 Å². The molecule has 8 atom stereocenters. The van der Waals surface area contributed by atoms with E-state index < -0.39 is 17.3 Å². The van der Waals surface area contributed by atoms with Crippen LogP contribution >= 0.6 is 0 Å². The molecule has 0 aromatic carbocycles. The van der Waals surface area contributed by atoms with E-state index in [1.54, 1.807) is 11.1 Å². The van der Waals surface area contributed by atoms with E-state index in [2.05, 4.69) is 41.5 Å². The predicted octanol–water partition coefficient (Wildman–Crippen LogP) is 5.98. The van der Waals surface area contributed by atoms with Gasteiger partial charge in [-0.15, -0.1) is 0 Å². The fourth-order valence-corrected chi connectivity index (χ4v) is 10.2. The van der Waals surface area contributed by atoms with Gasteiger partial charge in [-0.3, -0.25) is 4.79 Å². The van der Waals surface area contributed by atoms with Crippen LogP contribution in [-0.4, -0.2) is 39.4 Å². The lowest BCUT2D eigenvalue weighted by Crippen LogP contribution is -2.55. The van der Waals surface area contributed by atoms with Crippen LogP contribution in [0.15, 0.2) is 11.1 Å². The normalized spacial score (nSPS) is 50.7. The number of aliphatic hydroxyl groups excluding tert-OH is 1. The molecule has 4 aliphatic carbocycles. The Labute approximate surface area is 206 Å². The van der Waals surface area contributed by atoms with Gasteiger partial charge >= 0.3 is 0 Å². The van der Waals surface area contributed by atoms with Gasteiger partial charge in [0.25, 0.3) is 0 Å². The zero-order valence-corrected chi connectivity index (χ0v) is 22.9. The van der Waals surface area contributed by atoms with Crippen LogP contribution in [-0.2, 0) is 9.53 Å². The molecule has 0 spiro atoms. The number of Topliss-reactive ketones (excluding diaryl/α,β-unsaturated/α-hetero) is 1. The minimum Gasteiger partial charge on any atom is -0.393 e. The number of hydrogen-bond donors (Lipinski definition) is 2. The van der Waals surface area contributed by atoms with Crippen molar-refractivity contribution in [2.75, 3.05) is 0 Å². The van der Waals surface area contributed by atoms with E-state index in [0.717, 1.165) is 51.4 Å². The van der Waals surface area contributed by atoms with Crippen molar-refractivity contribution in [1.29, 1.82) is 0 Å². The molecule has 0 aromatic heterocycles. The molecule has 0 unspecified atom stereocenters. The van der Waals surface area contributed by atoms with Gasteiger partial charge in [0.15, 0.2) is 0 Å². The first-order chi connectivity index (χ1) is 15.5. The Hall–Kier alpha value is -0.710. The van der Waals surface area contributed by atoms with Gasteiger partial charge in [0.1, 0.15) is 5.78 Å². The molecule has 1 heterocycles. The number of carbonyl (C=O) groups is 1. The van der Waals surface area contributed by atoms with Gasteiger partial charge in [0.2, 0.25) is 0 Å². The Morgan fingerprint density at radius 3 is 2.21 bits per heavy atom. The highest BCUT2D eigenvalue weighted by atomic mass is 16.5. The lowest BCUT2D eigenvalue weighted by Gasteiger charge is -2.61. The Bertz CT molecular complexity index is 927. The summed E-state index contributed by atoms with van der Waals surface area (Å²) < 4.78 is 6.64. The van der Waals surface area contributed by atoms with Gasteiger partial charge < -0.3 is 14.9 Å². The van der Waals surface area contributed by atoms with Crippen molar-refractivity contribution in [3.63, 3.8) is 0 Å². The minimum absolute atomic E-state index is 0.0440. The van der Waals surface area contributed by atoms with Crippen molar-refractivity contribution in [3.05, 3.63) is 11.1 Å². The predicted molar refractivity (Wildman–Crippen MR) is 134 cm³/mol. The number of ketones is 1. The molecule has 192 valence electrons. The number of hydrogen-bond acceptors (Lipinski definition) is 4. The van der Waals surface area contributed by atoms with Crippen molar-refractivity contribution in [2.45, 2.75) is 137 Å². The second kappa shape index (κ2) is 7.19. The molecule has 0 aromatic rings. The summed E-state index contributed by atoms with van der Waals surface area (Å²) in [5.41, 5.74) is 1.69. The third kappa shape index (κ3) is 3.03. The average molecular weight is 473 g/mol. The van der Waals surface area contributed by atoms with Crippen LogP contribution in [0.1, 0.15) is 113 Å². The molecule has 4 nitrogen and oxygen atoms in total. The van der Waals surface area contributed by atoms with Crippen molar-refractivity contribution in [3.8, 4) is 0 Å². The molecule has 4 heteroatoms. The lowest BCUT2D eigenvalue weighted by molar-refractivity contribution is -0.170. The van der Waals surface area contributed by atoms with Crippen LogP contribution in [0.3, 0.4) is 0 Å². The molecular weight excluding hydrogens is 424 g/mol. The Kier molecular flexibility index (Phi) is 5.28. The minimum atomic E-state index is -0.869. The molecule has 0 radical (unpaired) electrons. The van der Waals surface area contributed by atoms with Gasteiger partial charge in [-0.25, -0.2) is 0 Å². The molecule has 2 N–H and O–H groups in total. The highest BCUT2D eigenvalue weighted by Crippen LogP contribution is 2.73. The number of rotatable bonds is 2. The van der Waals surface area contributed by atoms with Crippen molar-refractivity contribution >= 4 is 5.78 Å². The largest absolute Gasteiger partial charge is 0.393 e. The number of fused-ring (bicyclic) bond motifs is 4. The first kappa shape index (κ1) is 25.0. The summed E-state index contributed by atoms with van der Waals surface area (Å²) in [6.07, 6.45) is 7.88. The third-order valence-corrected chi connectivity index (χ3v) is 12.2. The Balaban J connectivity index is 1.54. The molecule has 5 aliphatic rings. The molecule has 1 aliphatic heterocycles.